The van der Waals surface area contributed by atoms with Gasteiger partial charge in [0, 0.05) is 25.7 Å². The maximum atomic E-state index is 13.0. The van der Waals surface area contributed by atoms with E-state index in [0.29, 0.717) is 31.6 Å². The summed E-state index contributed by atoms with van der Waals surface area (Å²) >= 11 is 0. The first-order valence-electron chi connectivity index (χ1n) is 36.7. The van der Waals surface area contributed by atoms with E-state index in [0.717, 1.165) is 127 Å². The van der Waals surface area contributed by atoms with Crippen LogP contribution in [0.25, 0.3) is 0 Å². The molecule has 19 heteroatoms. The molecule has 3 N–H and O–H groups in total. The van der Waals surface area contributed by atoms with Crippen molar-refractivity contribution in [3.8, 4) is 0 Å². The first kappa shape index (κ1) is 88.5. The van der Waals surface area contributed by atoms with Crippen LogP contribution >= 0.6 is 15.6 Å². The molecule has 0 amide bonds. The molecular formula is C72H136O17P2. The molecule has 5 atom stereocenters. The van der Waals surface area contributed by atoms with Crippen LogP contribution in [0.15, 0.2) is 24.3 Å². The molecule has 0 aliphatic carbocycles. The van der Waals surface area contributed by atoms with E-state index in [4.69, 9.17) is 37.0 Å². The fraction of sp³-hybridized carbons (Fsp3) is 0.889. The van der Waals surface area contributed by atoms with Crippen LogP contribution in [0, 0.1) is 17.8 Å². The number of phosphoric ester groups is 2. The smallest absolute Gasteiger partial charge is 0.462 e. The average molecular weight is 1340 g/mol. The highest BCUT2D eigenvalue weighted by Crippen LogP contribution is 2.45. The highest BCUT2D eigenvalue weighted by Gasteiger charge is 2.30. The molecule has 0 radical (unpaired) electrons. The van der Waals surface area contributed by atoms with E-state index >= 15 is 0 Å². The van der Waals surface area contributed by atoms with Crippen LogP contribution in [0.3, 0.4) is 0 Å². The Morgan fingerprint density at radius 1 is 0.341 bits per heavy atom. The lowest BCUT2D eigenvalue weighted by atomic mass is 10.0. The molecule has 0 spiro atoms. The number of aliphatic hydroxyl groups excluding tert-OH is 1. The third-order valence-corrected chi connectivity index (χ3v) is 17.9. The van der Waals surface area contributed by atoms with Crippen LogP contribution in [0.2, 0.25) is 0 Å². The van der Waals surface area contributed by atoms with Crippen molar-refractivity contribution >= 4 is 39.5 Å². The van der Waals surface area contributed by atoms with Gasteiger partial charge >= 0.3 is 39.5 Å². The van der Waals surface area contributed by atoms with Crippen LogP contribution in [0.1, 0.15) is 337 Å². The number of esters is 4. The van der Waals surface area contributed by atoms with Crippen molar-refractivity contribution in [3.63, 3.8) is 0 Å². The summed E-state index contributed by atoms with van der Waals surface area (Å²) in [5, 5.41) is 10.6. The van der Waals surface area contributed by atoms with Gasteiger partial charge < -0.3 is 33.8 Å². The zero-order valence-electron chi connectivity index (χ0n) is 58.8. The number of carbonyl (C=O) groups excluding carboxylic acids is 4. The van der Waals surface area contributed by atoms with Crippen molar-refractivity contribution in [2.24, 2.45) is 17.8 Å². The van der Waals surface area contributed by atoms with Gasteiger partial charge in [-0.25, -0.2) is 9.13 Å². The fourth-order valence-corrected chi connectivity index (χ4v) is 11.9. The van der Waals surface area contributed by atoms with Crippen LogP contribution in [0.5, 0.6) is 0 Å². The lowest BCUT2D eigenvalue weighted by Gasteiger charge is -2.21. The number of ether oxygens (including phenoxy) is 4. The number of hydrogen-bond acceptors (Lipinski definition) is 15. The predicted octanol–water partition coefficient (Wildman–Crippen LogP) is 20.2. The quantitative estimate of drug-likeness (QED) is 0.0169. The summed E-state index contributed by atoms with van der Waals surface area (Å²) in [4.78, 5) is 72.6. The summed E-state index contributed by atoms with van der Waals surface area (Å²) in [6.07, 6.45) is 49.4. The van der Waals surface area contributed by atoms with Crippen molar-refractivity contribution in [2.45, 2.75) is 356 Å². The lowest BCUT2D eigenvalue weighted by molar-refractivity contribution is -0.161. The van der Waals surface area contributed by atoms with Crippen LogP contribution in [-0.4, -0.2) is 96.7 Å². The minimum atomic E-state index is -4.96. The molecule has 0 saturated heterocycles. The molecule has 0 aliphatic rings. The molecule has 3 unspecified atom stereocenters. The Hall–Kier alpha value is -2.46. The molecule has 0 aliphatic heterocycles. The van der Waals surface area contributed by atoms with E-state index in [1.165, 1.54) is 122 Å². The van der Waals surface area contributed by atoms with Gasteiger partial charge in [0.25, 0.3) is 0 Å². The predicted molar refractivity (Wildman–Crippen MR) is 367 cm³/mol. The van der Waals surface area contributed by atoms with Gasteiger partial charge in [-0.2, -0.15) is 0 Å². The molecule has 91 heavy (non-hydrogen) atoms. The van der Waals surface area contributed by atoms with E-state index < -0.39 is 97.5 Å². The van der Waals surface area contributed by atoms with Gasteiger partial charge in [0.05, 0.1) is 26.4 Å². The number of unbranched alkanes of at least 4 members (excludes halogenated alkanes) is 33. The lowest BCUT2D eigenvalue weighted by Crippen LogP contribution is -2.30. The molecule has 17 nitrogen and oxygen atoms in total. The summed E-state index contributed by atoms with van der Waals surface area (Å²) in [5.74, 6) is 0.0478. The number of allylic oxidation sites excluding steroid dienone is 4. The van der Waals surface area contributed by atoms with Gasteiger partial charge in [0.2, 0.25) is 0 Å². The maximum absolute atomic E-state index is 13.0. The Morgan fingerprint density at radius 3 is 0.890 bits per heavy atom. The average Bonchev–Trinajstić information content (AvgIpc) is 3.71. The van der Waals surface area contributed by atoms with Gasteiger partial charge in [-0.3, -0.25) is 37.3 Å². The van der Waals surface area contributed by atoms with E-state index in [1.54, 1.807) is 0 Å². The summed E-state index contributed by atoms with van der Waals surface area (Å²) in [5.41, 5.74) is 0. The first-order chi connectivity index (χ1) is 43.7. The SMILES string of the molecule is CCCCCC/C=C\C=C/CCCCCCCC(=O)OC[C@H](COP(=O)(O)OCC(O)COP(=O)(O)OC[C@@H](COC(=O)CCCCCCCCCC(C)C)OC(=O)CCCCCCCCCCCCC(C)C)OC(=O)CCCCCCCCCCCCC(C)C. The van der Waals surface area contributed by atoms with Gasteiger partial charge in [-0.1, -0.05) is 285 Å². The van der Waals surface area contributed by atoms with E-state index in [-0.39, 0.29) is 25.7 Å². The minimum Gasteiger partial charge on any atom is -0.462 e. The third-order valence-electron chi connectivity index (χ3n) is 16.0. The van der Waals surface area contributed by atoms with Crippen molar-refractivity contribution < 1.29 is 80.2 Å². The van der Waals surface area contributed by atoms with Crippen LogP contribution in [-0.2, 0) is 65.4 Å². The van der Waals surface area contributed by atoms with Crippen molar-refractivity contribution in [1.82, 2.24) is 0 Å². The number of phosphoric acid groups is 2. The molecule has 0 aromatic heterocycles. The monoisotopic (exact) mass is 1330 g/mol. The maximum Gasteiger partial charge on any atom is 0.472 e. The Bertz CT molecular complexity index is 1880. The molecule has 536 valence electrons. The zero-order chi connectivity index (χ0) is 67.3. The van der Waals surface area contributed by atoms with Crippen LogP contribution < -0.4 is 0 Å². The zero-order valence-corrected chi connectivity index (χ0v) is 60.6. The summed E-state index contributed by atoms with van der Waals surface area (Å²) < 4.78 is 68.3. The Labute approximate surface area is 554 Å². The standard InChI is InChI=1S/C72H136O17P2/c1-8-9-10-11-12-13-14-15-16-17-18-25-32-39-46-53-69(74)82-59-67(88-71(76)55-48-41-33-26-21-19-23-29-36-43-50-63(2)3)61-86-90(78,79)84-57-66(73)58-85-91(80,81)87-62-68(60-83-70(75)54-47-40-35-28-31-38-45-52-65(6)7)89-72(77)56-49-42-34-27-22-20-24-30-37-44-51-64(4)5/h13-16,63-68,73H,8-12,17-62H2,1-7H3,(H,78,79)(H,80,81)/b14-13-,16-15-/t66?,67-,68-/m1/s1. The van der Waals surface area contributed by atoms with E-state index in [9.17, 15) is 43.2 Å². The van der Waals surface area contributed by atoms with Gasteiger partial charge in [0.15, 0.2) is 12.2 Å². The summed E-state index contributed by atoms with van der Waals surface area (Å²) in [6, 6.07) is 0. The number of hydrogen-bond donors (Lipinski definition) is 3. The van der Waals surface area contributed by atoms with Crippen molar-refractivity contribution in [1.29, 1.82) is 0 Å². The second kappa shape index (κ2) is 62.4. The summed E-state index contributed by atoms with van der Waals surface area (Å²) in [6.45, 7) is 11.7. The largest absolute Gasteiger partial charge is 0.472 e. The molecule has 0 aromatic carbocycles. The molecule has 0 aromatic rings. The second-order valence-electron chi connectivity index (χ2n) is 26.7. The van der Waals surface area contributed by atoms with Crippen LogP contribution in [0.4, 0.5) is 0 Å². The number of aliphatic hydroxyl groups is 1. The normalized spacial score (nSPS) is 14.3. The first-order valence-corrected chi connectivity index (χ1v) is 39.7. The topological polar surface area (TPSA) is 237 Å². The molecule has 0 fully saturated rings. The van der Waals surface area contributed by atoms with Gasteiger partial charge in [0.1, 0.15) is 19.3 Å². The van der Waals surface area contributed by atoms with E-state index in [2.05, 4.69) is 72.8 Å². The molecule has 0 rings (SSSR count). The Morgan fingerprint density at radius 2 is 0.593 bits per heavy atom. The Balaban J connectivity index is 5.29. The van der Waals surface area contributed by atoms with Crippen molar-refractivity contribution in [3.05, 3.63) is 24.3 Å². The van der Waals surface area contributed by atoms with Gasteiger partial charge in [-0.15, -0.1) is 0 Å². The summed E-state index contributed by atoms with van der Waals surface area (Å²) in [7, 11) is -9.92. The van der Waals surface area contributed by atoms with E-state index in [1.807, 2.05) is 0 Å². The number of carbonyl (C=O) groups is 4. The highest BCUT2D eigenvalue weighted by atomic mass is 31.2. The Kier molecular flexibility index (Phi) is 60.7. The highest BCUT2D eigenvalue weighted by molar-refractivity contribution is 7.47. The second-order valence-corrected chi connectivity index (χ2v) is 29.6. The van der Waals surface area contributed by atoms with Gasteiger partial charge in [-0.05, 0) is 69.1 Å². The molecular weight excluding hydrogens is 1200 g/mol. The number of rotatable bonds is 68. The molecule has 0 saturated carbocycles. The third kappa shape index (κ3) is 66.0. The minimum absolute atomic E-state index is 0.0986. The fourth-order valence-electron chi connectivity index (χ4n) is 10.4. The molecule has 0 heterocycles. The van der Waals surface area contributed by atoms with Crippen molar-refractivity contribution in [2.75, 3.05) is 39.6 Å². The molecule has 0 bridgehead atoms.